The highest BCUT2D eigenvalue weighted by Gasteiger charge is 2.13. The summed E-state index contributed by atoms with van der Waals surface area (Å²) >= 11 is 1.81. The second-order valence-corrected chi connectivity index (χ2v) is 4.36. The van der Waals surface area contributed by atoms with Crippen LogP contribution in [0.2, 0.25) is 0 Å². The Morgan fingerprint density at radius 2 is 2.23 bits per heavy atom. The fraction of sp³-hybridized carbons (Fsp3) is 0.889. The lowest BCUT2D eigenvalue weighted by atomic mass is 10.2. The van der Waals surface area contributed by atoms with Crippen molar-refractivity contribution in [3.8, 4) is 0 Å². The summed E-state index contributed by atoms with van der Waals surface area (Å²) in [6, 6.07) is -0.381. The second kappa shape index (κ2) is 7.21. The number of nitrogens with one attached hydrogen (secondary N) is 1. The first-order valence-corrected chi connectivity index (χ1v) is 5.89. The van der Waals surface area contributed by atoms with Gasteiger partial charge in [-0.25, -0.2) is 0 Å². The maximum atomic E-state index is 10.6. The van der Waals surface area contributed by atoms with Crippen LogP contribution in [-0.4, -0.2) is 35.2 Å². The third-order valence-corrected chi connectivity index (χ3v) is 3.09. The van der Waals surface area contributed by atoms with E-state index in [4.69, 9.17) is 5.11 Å². The van der Waals surface area contributed by atoms with Gasteiger partial charge in [0.2, 0.25) is 0 Å². The number of thioether (sulfide) groups is 1. The van der Waals surface area contributed by atoms with Gasteiger partial charge in [-0.1, -0.05) is 13.8 Å². The highest BCUT2D eigenvalue weighted by molar-refractivity contribution is 7.99. The number of hydrogen-bond acceptors (Lipinski definition) is 3. The number of rotatable bonds is 7. The highest BCUT2D eigenvalue weighted by atomic mass is 32.2. The monoisotopic (exact) mass is 205 g/mol. The molecule has 2 N–H and O–H groups in total. The smallest absolute Gasteiger partial charge is 0.320 e. The molecule has 0 aromatic rings. The number of aliphatic carboxylic acids is 1. The van der Waals surface area contributed by atoms with Gasteiger partial charge in [-0.2, -0.15) is 11.8 Å². The predicted molar refractivity (Wildman–Crippen MR) is 57.3 cm³/mol. The van der Waals surface area contributed by atoms with Crippen molar-refractivity contribution in [2.24, 2.45) is 0 Å². The molecular weight excluding hydrogens is 186 g/mol. The number of hydrogen-bond donors (Lipinski definition) is 2. The normalized spacial score (nSPS) is 15.3. The Balaban J connectivity index is 3.55. The van der Waals surface area contributed by atoms with Crippen molar-refractivity contribution in [2.75, 3.05) is 12.8 Å². The molecule has 2 atom stereocenters. The molecule has 0 saturated heterocycles. The van der Waals surface area contributed by atoms with Crippen LogP contribution in [-0.2, 0) is 4.79 Å². The van der Waals surface area contributed by atoms with Gasteiger partial charge in [0.05, 0.1) is 0 Å². The van der Waals surface area contributed by atoms with E-state index in [0.29, 0.717) is 11.7 Å². The highest BCUT2D eigenvalue weighted by Crippen LogP contribution is 2.08. The molecular formula is C9H19NO2S. The van der Waals surface area contributed by atoms with E-state index >= 15 is 0 Å². The molecule has 0 fully saturated rings. The SMILES string of the molecule is CCC(NCCC(C)SC)C(=O)O. The summed E-state index contributed by atoms with van der Waals surface area (Å²) in [5, 5.41) is 12.3. The van der Waals surface area contributed by atoms with Crippen LogP contribution >= 0.6 is 11.8 Å². The fourth-order valence-electron chi connectivity index (χ4n) is 0.985. The van der Waals surface area contributed by atoms with E-state index in [1.165, 1.54) is 0 Å². The van der Waals surface area contributed by atoms with Gasteiger partial charge in [-0.05, 0) is 25.6 Å². The summed E-state index contributed by atoms with van der Waals surface area (Å²) in [5.41, 5.74) is 0. The van der Waals surface area contributed by atoms with E-state index in [0.717, 1.165) is 13.0 Å². The molecule has 0 spiro atoms. The Morgan fingerprint density at radius 3 is 2.62 bits per heavy atom. The van der Waals surface area contributed by atoms with Crippen LogP contribution in [0, 0.1) is 0 Å². The molecule has 0 aliphatic heterocycles. The zero-order valence-corrected chi connectivity index (χ0v) is 9.36. The number of carbonyl (C=O) groups is 1. The molecule has 0 rings (SSSR count). The first-order valence-electron chi connectivity index (χ1n) is 4.60. The molecule has 2 unspecified atom stereocenters. The van der Waals surface area contributed by atoms with E-state index < -0.39 is 5.97 Å². The van der Waals surface area contributed by atoms with Crippen LogP contribution in [0.25, 0.3) is 0 Å². The first-order chi connectivity index (χ1) is 6.11. The van der Waals surface area contributed by atoms with E-state index in [9.17, 15) is 4.79 Å². The van der Waals surface area contributed by atoms with Crippen molar-refractivity contribution in [1.29, 1.82) is 0 Å². The minimum atomic E-state index is -0.751. The Kier molecular flexibility index (Phi) is 7.09. The molecule has 0 heterocycles. The van der Waals surface area contributed by atoms with E-state index in [2.05, 4.69) is 18.5 Å². The Bertz CT molecular complexity index is 153. The molecule has 0 amide bonds. The zero-order chi connectivity index (χ0) is 10.3. The summed E-state index contributed by atoms with van der Waals surface area (Å²) < 4.78 is 0. The number of carboxylic acids is 1. The largest absolute Gasteiger partial charge is 0.480 e. The fourth-order valence-corrected chi connectivity index (χ4v) is 1.34. The van der Waals surface area contributed by atoms with Crippen LogP contribution in [0.1, 0.15) is 26.7 Å². The van der Waals surface area contributed by atoms with Gasteiger partial charge in [-0.15, -0.1) is 0 Å². The molecule has 3 nitrogen and oxygen atoms in total. The molecule has 4 heteroatoms. The molecule has 0 aliphatic rings. The second-order valence-electron chi connectivity index (χ2n) is 3.09. The van der Waals surface area contributed by atoms with E-state index in [-0.39, 0.29) is 6.04 Å². The molecule has 0 bridgehead atoms. The first kappa shape index (κ1) is 12.8. The molecule has 0 radical (unpaired) electrons. The minimum Gasteiger partial charge on any atom is -0.480 e. The Morgan fingerprint density at radius 1 is 1.62 bits per heavy atom. The molecule has 13 heavy (non-hydrogen) atoms. The van der Waals surface area contributed by atoms with Gasteiger partial charge in [-0.3, -0.25) is 4.79 Å². The van der Waals surface area contributed by atoms with Crippen molar-refractivity contribution < 1.29 is 9.90 Å². The molecule has 0 aliphatic carbocycles. The van der Waals surface area contributed by atoms with Gasteiger partial charge in [0.15, 0.2) is 0 Å². The quantitative estimate of drug-likeness (QED) is 0.662. The Labute approximate surface area is 84.3 Å². The van der Waals surface area contributed by atoms with Gasteiger partial charge >= 0.3 is 5.97 Å². The lowest BCUT2D eigenvalue weighted by molar-refractivity contribution is -0.139. The van der Waals surface area contributed by atoms with Crippen molar-refractivity contribution in [3.05, 3.63) is 0 Å². The summed E-state index contributed by atoms with van der Waals surface area (Å²) in [5.74, 6) is -0.751. The summed E-state index contributed by atoms with van der Waals surface area (Å²) in [4.78, 5) is 10.6. The summed E-state index contributed by atoms with van der Waals surface area (Å²) in [6.45, 7) is 4.81. The van der Waals surface area contributed by atoms with Crippen LogP contribution in [0.4, 0.5) is 0 Å². The third kappa shape index (κ3) is 5.93. The molecule has 0 aromatic heterocycles. The van der Waals surface area contributed by atoms with Crippen molar-refractivity contribution in [1.82, 2.24) is 5.32 Å². The van der Waals surface area contributed by atoms with Crippen molar-refractivity contribution in [3.63, 3.8) is 0 Å². The maximum Gasteiger partial charge on any atom is 0.320 e. The van der Waals surface area contributed by atoms with E-state index in [1.54, 1.807) is 11.8 Å². The predicted octanol–water partition coefficient (Wildman–Crippen LogP) is 1.58. The van der Waals surface area contributed by atoms with Crippen LogP contribution in [0.3, 0.4) is 0 Å². The third-order valence-electron chi connectivity index (χ3n) is 2.05. The molecule has 0 aromatic carbocycles. The summed E-state index contributed by atoms with van der Waals surface area (Å²) in [6.07, 6.45) is 3.73. The lowest BCUT2D eigenvalue weighted by Gasteiger charge is -2.13. The topological polar surface area (TPSA) is 49.3 Å². The van der Waals surface area contributed by atoms with Gasteiger partial charge in [0, 0.05) is 5.25 Å². The number of carboxylic acid groups (broad SMARTS) is 1. The molecule has 78 valence electrons. The van der Waals surface area contributed by atoms with Crippen LogP contribution in [0.5, 0.6) is 0 Å². The van der Waals surface area contributed by atoms with E-state index in [1.807, 2.05) is 6.92 Å². The summed E-state index contributed by atoms with van der Waals surface area (Å²) in [7, 11) is 0. The Hall–Kier alpha value is -0.220. The van der Waals surface area contributed by atoms with Crippen LogP contribution in [0.15, 0.2) is 0 Å². The van der Waals surface area contributed by atoms with Gasteiger partial charge < -0.3 is 10.4 Å². The maximum absolute atomic E-state index is 10.6. The molecule has 0 saturated carbocycles. The van der Waals surface area contributed by atoms with Crippen LogP contribution < -0.4 is 5.32 Å². The minimum absolute atomic E-state index is 0.381. The zero-order valence-electron chi connectivity index (χ0n) is 8.54. The lowest BCUT2D eigenvalue weighted by Crippen LogP contribution is -2.37. The van der Waals surface area contributed by atoms with Crippen molar-refractivity contribution >= 4 is 17.7 Å². The van der Waals surface area contributed by atoms with Crippen molar-refractivity contribution in [2.45, 2.75) is 38.0 Å². The average Bonchev–Trinajstić information content (AvgIpc) is 2.11. The van der Waals surface area contributed by atoms with Gasteiger partial charge in [0.1, 0.15) is 6.04 Å². The van der Waals surface area contributed by atoms with Gasteiger partial charge in [0.25, 0.3) is 0 Å². The average molecular weight is 205 g/mol. The standard InChI is InChI=1S/C9H19NO2S/c1-4-8(9(11)12)10-6-5-7(2)13-3/h7-8,10H,4-6H2,1-3H3,(H,11,12).